The molecule has 0 aliphatic heterocycles. The Morgan fingerprint density at radius 2 is 2.24 bits per heavy atom. The molecule has 4 nitrogen and oxygen atoms in total. The van der Waals surface area contributed by atoms with Crippen molar-refractivity contribution in [3.8, 4) is 0 Å². The van der Waals surface area contributed by atoms with Crippen molar-refractivity contribution >= 4 is 0 Å². The number of hydrogen-bond acceptors (Lipinski definition) is 3. The highest BCUT2D eigenvalue weighted by Crippen LogP contribution is 2.12. The van der Waals surface area contributed by atoms with Gasteiger partial charge in [-0.1, -0.05) is 13.0 Å². The van der Waals surface area contributed by atoms with Crippen molar-refractivity contribution in [3.63, 3.8) is 0 Å². The van der Waals surface area contributed by atoms with E-state index in [9.17, 15) is 4.79 Å². The Morgan fingerprint density at radius 1 is 1.47 bits per heavy atom. The summed E-state index contributed by atoms with van der Waals surface area (Å²) < 4.78 is 1.68. The zero-order valence-electron chi connectivity index (χ0n) is 10.6. The summed E-state index contributed by atoms with van der Waals surface area (Å²) in [5.41, 5.74) is -0.0256. The third-order valence-corrected chi connectivity index (χ3v) is 3.25. The van der Waals surface area contributed by atoms with E-state index in [-0.39, 0.29) is 17.7 Å². The molecule has 0 fully saturated rings. The molecule has 1 aromatic rings. The Labute approximate surface area is 102 Å². The maximum absolute atomic E-state index is 11.5. The first-order valence-corrected chi connectivity index (χ1v) is 6.12. The Hall–Kier alpha value is -1.13. The predicted octanol–water partition coefficient (Wildman–Crippen LogP) is 0.989. The molecule has 1 aromatic heterocycles. The molecule has 0 aromatic carbocycles. The SMILES string of the molecule is CCC(C)(CCO)NCCn1ccccc1=O. The molecule has 4 heteroatoms. The summed E-state index contributed by atoms with van der Waals surface area (Å²) in [4.78, 5) is 11.5. The second-order valence-corrected chi connectivity index (χ2v) is 4.55. The summed E-state index contributed by atoms with van der Waals surface area (Å²) in [5, 5.41) is 12.4. The fourth-order valence-electron chi connectivity index (χ4n) is 1.76. The minimum absolute atomic E-state index is 0.0228. The summed E-state index contributed by atoms with van der Waals surface area (Å²) in [6.45, 7) is 5.76. The molecule has 0 bridgehead atoms. The first-order valence-electron chi connectivity index (χ1n) is 6.12. The van der Waals surface area contributed by atoms with Crippen LogP contribution < -0.4 is 10.9 Å². The number of pyridine rings is 1. The summed E-state index contributed by atoms with van der Waals surface area (Å²) in [7, 11) is 0. The van der Waals surface area contributed by atoms with E-state index in [0.717, 1.165) is 19.4 Å². The lowest BCUT2D eigenvalue weighted by atomic mass is 9.95. The van der Waals surface area contributed by atoms with Crippen LogP contribution >= 0.6 is 0 Å². The van der Waals surface area contributed by atoms with E-state index in [1.807, 2.05) is 6.07 Å². The van der Waals surface area contributed by atoms with Gasteiger partial charge in [-0.25, -0.2) is 0 Å². The highest BCUT2D eigenvalue weighted by Gasteiger charge is 2.19. The van der Waals surface area contributed by atoms with Gasteiger partial charge in [0.15, 0.2) is 0 Å². The normalized spacial score (nSPS) is 14.5. The van der Waals surface area contributed by atoms with Crippen LogP contribution in [0.25, 0.3) is 0 Å². The van der Waals surface area contributed by atoms with Gasteiger partial charge < -0.3 is 15.0 Å². The van der Waals surface area contributed by atoms with E-state index in [1.54, 1.807) is 22.9 Å². The van der Waals surface area contributed by atoms with Crippen LogP contribution in [0.2, 0.25) is 0 Å². The average molecular weight is 238 g/mol. The van der Waals surface area contributed by atoms with E-state index in [1.165, 1.54) is 0 Å². The summed E-state index contributed by atoms with van der Waals surface area (Å²) in [6.07, 6.45) is 3.48. The van der Waals surface area contributed by atoms with E-state index in [4.69, 9.17) is 5.11 Å². The average Bonchev–Trinajstić information content (AvgIpc) is 2.32. The Morgan fingerprint density at radius 3 is 2.82 bits per heavy atom. The number of aliphatic hydroxyl groups is 1. The van der Waals surface area contributed by atoms with Crippen LogP contribution in [0.5, 0.6) is 0 Å². The van der Waals surface area contributed by atoms with E-state index < -0.39 is 0 Å². The third-order valence-electron chi connectivity index (χ3n) is 3.25. The van der Waals surface area contributed by atoms with Crippen LogP contribution in [-0.4, -0.2) is 28.4 Å². The Kier molecular flexibility index (Phi) is 5.38. The number of rotatable bonds is 7. The van der Waals surface area contributed by atoms with Gasteiger partial charge in [0.2, 0.25) is 0 Å². The largest absolute Gasteiger partial charge is 0.396 e. The van der Waals surface area contributed by atoms with Crippen molar-refractivity contribution in [1.82, 2.24) is 9.88 Å². The topological polar surface area (TPSA) is 54.3 Å². The van der Waals surface area contributed by atoms with Crippen LogP contribution in [0.3, 0.4) is 0 Å². The lowest BCUT2D eigenvalue weighted by Gasteiger charge is -2.29. The second kappa shape index (κ2) is 6.57. The molecule has 2 N–H and O–H groups in total. The standard InChI is InChI=1S/C13H22N2O2/c1-3-13(2,7-11-16)14-8-10-15-9-5-4-6-12(15)17/h4-6,9,14,16H,3,7-8,10-11H2,1-2H3. The molecule has 1 atom stereocenters. The highest BCUT2D eigenvalue weighted by molar-refractivity contribution is 4.93. The summed E-state index contributed by atoms with van der Waals surface area (Å²) >= 11 is 0. The molecule has 0 radical (unpaired) electrons. The van der Waals surface area contributed by atoms with Crippen LogP contribution in [-0.2, 0) is 6.54 Å². The molecule has 0 amide bonds. The Bertz CT molecular complexity index is 389. The molecule has 0 saturated carbocycles. The number of nitrogens with one attached hydrogen (secondary N) is 1. The van der Waals surface area contributed by atoms with Gasteiger partial charge in [0, 0.05) is 37.5 Å². The van der Waals surface area contributed by atoms with Crippen molar-refractivity contribution in [2.24, 2.45) is 0 Å². The smallest absolute Gasteiger partial charge is 0.250 e. The molecular weight excluding hydrogens is 216 g/mol. The summed E-state index contributed by atoms with van der Waals surface area (Å²) in [5.74, 6) is 0. The number of aromatic nitrogens is 1. The van der Waals surface area contributed by atoms with Crippen LogP contribution in [0.4, 0.5) is 0 Å². The van der Waals surface area contributed by atoms with Crippen molar-refractivity contribution in [1.29, 1.82) is 0 Å². The molecule has 0 saturated heterocycles. The molecular formula is C13H22N2O2. The van der Waals surface area contributed by atoms with Gasteiger partial charge in [-0.2, -0.15) is 0 Å². The first-order chi connectivity index (χ1) is 8.11. The van der Waals surface area contributed by atoms with Gasteiger partial charge in [0.05, 0.1) is 0 Å². The van der Waals surface area contributed by atoms with Crippen molar-refractivity contribution in [2.75, 3.05) is 13.2 Å². The van der Waals surface area contributed by atoms with Crippen LogP contribution in [0, 0.1) is 0 Å². The molecule has 0 spiro atoms. The zero-order chi connectivity index (χ0) is 12.7. The van der Waals surface area contributed by atoms with Crippen LogP contribution in [0.1, 0.15) is 26.7 Å². The molecule has 0 aliphatic rings. The Balaban J connectivity index is 2.47. The quantitative estimate of drug-likeness (QED) is 0.745. The van der Waals surface area contributed by atoms with Gasteiger partial charge in [-0.3, -0.25) is 4.79 Å². The first kappa shape index (κ1) is 13.9. The van der Waals surface area contributed by atoms with E-state index >= 15 is 0 Å². The molecule has 17 heavy (non-hydrogen) atoms. The number of nitrogens with zero attached hydrogens (tertiary/aromatic N) is 1. The maximum atomic E-state index is 11.5. The fourth-order valence-corrected chi connectivity index (χ4v) is 1.76. The van der Waals surface area contributed by atoms with Crippen molar-refractivity contribution < 1.29 is 5.11 Å². The second-order valence-electron chi connectivity index (χ2n) is 4.55. The number of hydrogen-bond donors (Lipinski definition) is 2. The van der Waals surface area contributed by atoms with Crippen molar-refractivity contribution in [2.45, 2.75) is 38.8 Å². The van der Waals surface area contributed by atoms with Gasteiger partial charge in [0.1, 0.15) is 0 Å². The van der Waals surface area contributed by atoms with E-state index in [0.29, 0.717) is 6.54 Å². The molecule has 1 heterocycles. The molecule has 96 valence electrons. The monoisotopic (exact) mass is 238 g/mol. The fraction of sp³-hybridized carbons (Fsp3) is 0.615. The predicted molar refractivity (Wildman–Crippen MR) is 69.1 cm³/mol. The molecule has 1 unspecified atom stereocenters. The van der Waals surface area contributed by atoms with E-state index in [2.05, 4.69) is 19.2 Å². The highest BCUT2D eigenvalue weighted by atomic mass is 16.3. The van der Waals surface area contributed by atoms with Crippen molar-refractivity contribution in [3.05, 3.63) is 34.7 Å². The maximum Gasteiger partial charge on any atom is 0.250 e. The van der Waals surface area contributed by atoms with Gasteiger partial charge in [-0.15, -0.1) is 0 Å². The van der Waals surface area contributed by atoms with Gasteiger partial charge in [0.25, 0.3) is 5.56 Å². The minimum atomic E-state index is -0.0485. The van der Waals surface area contributed by atoms with Crippen LogP contribution in [0.15, 0.2) is 29.2 Å². The summed E-state index contributed by atoms with van der Waals surface area (Å²) in [6, 6.07) is 5.16. The minimum Gasteiger partial charge on any atom is -0.396 e. The third kappa shape index (κ3) is 4.32. The lowest BCUT2D eigenvalue weighted by Crippen LogP contribution is -2.44. The lowest BCUT2D eigenvalue weighted by molar-refractivity contribution is 0.214. The van der Waals surface area contributed by atoms with Gasteiger partial charge in [-0.05, 0) is 25.8 Å². The molecule has 1 rings (SSSR count). The van der Waals surface area contributed by atoms with Gasteiger partial charge >= 0.3 is 0 Å². The zero-order valence-corrected chi connectivity index (χ0v) is 10.6. The number of aliphatic hydroxyl groups excluding tert-OH is 1. The molecule has 0 aliphatic carbocycles.